The number of imidazole rings is 1. The minimum Gasteiger partial charge on any atom is -0.508 e. The maximum Gasteiger partial charge on any atom is 0.326 e. The molecule has 3 amide bonds. The fourth-order valence-corrected chi connectivity index (χ4v) is 2.96. The third-order valence-corrected chi connectivity index (χ3v) is 4.97. The number of carboxylic acid groups (broad SMARTS) is 1. The predicted molar refractivity (Wildman–Crippen MR) is 120 cm³/mol. The summed E-state index contributed by atoms with van der Waals surface area (Å²) in [6.07, 6.45) is 2.95. The van der Waals surface area contributed by atoms with E-state index in [9.17, 15) is 29.4 Å². The lowest BCUT2D eigenvalue weighted by molar-refractivity contribution is -0.141. The van der Waals surface area contributed by atoms with Crippen molar-refractivity contribution >= 4 is 36.3 Å². The summed E-state index contributed by atoms with van der Waals surface area (Å²) >= 11 is 3.96. The van der Waals surface area contributed by atoms with E-state index >= 15 is 0 Å². The second-order valence-electron chi connectivity index (χ2n) is 7.18. The molecule has 3 atom stereocenters. The molecule has 0 spiro atoms. The number of amides is 3. The van der Waals surface area contributed by atoms with Gasteiger partial charge >= 0.3 is 5.97 Å². The number of carbonyl (C=O) groups is 4. The maximum absolute atomic E-state index is 12.6. The van der Waals surface area contributed by atoms with Crippen LogP contribution < -0.4 is 21.7 Å². The first kappa shape index (κ1) is 25.7. The summed E-state index contributed by atoms with van der Waals surface area (Å²) in [7, 11) is 0. The third-order valence-electron chi connectivity index (χ3n) is 4.58. The van der Waals surface area contributed by atoms with Crippen molar-refractivity contribution in [2.45, 2.75) is 31.0 Å². The Labute approximate surface area is 194 Å². The highest BCUT2D eigenvalue weighted by Crippen LogP contribution is 2.11. The Hall–Kier alpha value is -3.58. The van der Waals surface area contributed by atoms with Crippen molar-refractivity contribution in [1.29, 1.82) is 0 Å². The van der Waals surface area contributed by atoms with E-state index in [4.69, 9.17) is 5.73 Å². The van der Waals surface area contributed by atoms with Gasteiger partial charge in [0.1, 0.15) is 17.8 Å². The van der Waals surface area contributed by atoms with Gasteiger partial charge in [0.15, 0.2) is 0 Å². The molecule has 1 aromatic carbocycles. The van der Waals surface area contributed by atoms with E-state index < -0.39 is 48.4 Å². The van der Waals surface area contributed by atoms with Crippen molar-refractivity contribution in [3.05, 3.63) is 48.0 Å². The summed E-state index contributed by atoms with van der Waals surface area (Å²) in [5, 5.41) is 26.0. The molecule has 0 bridgehead atoms. The number of nitrogens with one attached hydrogen (secondary N) is 4. The number of phenolic OH excluding ortho intramolecular Hbond substituents is 1. The van der Waals surface area contributed by atoms with Gasteiger partial charge in [-0.25, -0.2) is 9.78 Å². The van der Waals surface area contributed by atoms with Crippen molar-refractivity contribution in [2.24, 2.45) is 5.73 Å². The largest absolute Gasteiger partial charge is 0.508 e. The average molecular weight is 479 g/mol. The van der Waals surface area contributed by atoms with Crippen LogP contribution in [0.15, 0.2) is 36.8 Å². The van der Waals surface area contributed by atoms with Crippen LogP contribution in [-0.2, 0) is 32.0 Å². The minimum absolute atomic E-state index is 0.0184. The smallest absolute Gasteiger partial charge is 0.326 e. The Kier molecular flexibility index (Phi) is 9.69. The van der Waals surface area contributed by atoms with Crippen LogP contribution >= 0.6 is 12.6 Å². The molecule has 33 heavy (non-hydrogen) atoms. The third kappa shape index (κ3) is 8.46. The number of rotatable bonds is 12. The molecule has 178 valence electrons. The number of phenols is 1. The van der Waals surface area contributed by atoms with Gasteiger partial charge in [-0.15, -0.1) is 0 Å². The molecule has 2 rings (SSSR count). The van der Waals surface area contributed by atoms with Gasteiger partial charge in [0, 0.05) is 30.5 Å². The molecule has 12 nitrogen and oxygen atoms in total. The van der Waals surface area contributed by atoms with Crippen molar-refractivity contribution in [1.82, 2.24) is 25.9 Å². The highest BCUT2D eigenvalue weighted by Gasteiger charge is 2.25. The number of aliphatic carboxylic acids is 1. The van der Waals surface area contributed by atoms with E-state index in [1.165, 1.54) is 36.8 Å². The van der Waals surface area contributed by atoms with Gasteiger partial charge in [0.25, 0.3) is 0 Å². The molecule has 13 heteroatoms. The topological polar surface area (TPSA) is 200 Å². The fourth-order valence-electron chi connectivity index (χ4n) is 2.79. The Morgan fingerprint density at radius 1 is 1.06 bits per heavy atom. The molecule has 8 N–H and O–H groups in total. The molecule has 0 aliphatic carbocycles. The molecule has 0 fully saturated rings. The first-order valence-corrected chi connectivity index (χ1v) is 10.5. The number of aromatic hydroxyl groups is 1. The van der Waals surface area contributed by atoms with E-state index in [0.29, 0.717) is 11.3 Å². The van der Waals surface area contributed by atoms with Crippen LogP contribution in [0.5, 0.6) is 5.75 Å². The number of carboxylic acids is 1. The van der Waals surface area contributed by atoms with Crippen LogP contribution in [0.25, 0.3) is 0 Å². The number of aromatic amines is 1. The van der Waals surface area contributed by atoms with Crippen molar-refractivity contribution in [2.75, 3.05) is 12.3 Å². The summed E-state index contributed by atoms with van der Waals surface area (Å²) in [4.78, 5) is 55.2. The van der Waals surface area contributed by atoms with Gasteiger partial charge in [-0.3, -0.25) is 14.4 Å². The lowest BCUT2D eigenvalue weighted by Gasteiger charge is -2.20. The highest BCUT2D eigenvalue weighted by atomic mass is 32.1. The minimum atomic E-state index is -1.26. The van der Waals surface area contributed by atoms with Crippen LogP contribution in [0.1, 0.15) is 11.3 Å². The molecule has 0 aliphatic heterocycles. The normalized spacial score (nSPS) is 13.4. The maximum atomic E-state index is 12.6. The molecule has 0 saturated carbocycles. The van der Waals surface area contributed by atoms with Crippen LogP contribution in [0.3, 0.4) is 0 Å². The van der Waals surface area contributed by atoms with Gasteiger partial charge in [-0.1, -0.05) is 12.1 Å². The van der Waals surface area contributed by atoms with E-state index in [2.05, 4.69) is 38.5 Å². The second-order valence-corrected chi connectivity index (χ2v) is 7.54. The lowest BCUT2D eigenvalue weighted by Crippen LogP contribution is -2.54. The zero-order chi connectivity index (χ0) is 24.4. The van der Waals surface area contributed by atoms with Crippen molar-refractivity contribution in [3.63, 3.8) is 0 Å². The van der Waals surface area contributed by atoms with Crippen LogP contribution in [0, 0.1) is 0 Å². The quantitative estimate of drug-likeness (QED) is 0.165. The summed E-state index contributed by atoms with van der Waals surface area (Å²) in [5.74, 6) is -3.13. The number of thiol groups is 1. The Morgan fingerprint density at radius 3 is 2.33 bits per heavy atom. The average Bonchev–Trinajstić information content (AvgIpc) is 3.30. The van der Waals surface area contributed by atoms with E-state index in [1.54, 1.807) is 0 Å². The first-order valence-electron chi connectivity index (χ1n) is 9.91. The standard InChI is InChI=1S/C20H26N6O6S/c21-14(9-33)18(29)26-15(6-12-7-22-10-24-12)19(30)23-8-17(28)25-16(20(31)32)5-11-1-3-13(27)4-2-11/h1-4,7,10,14-16,27,33H,5-6,8-9,21H2,(H,22,24)(H,23,30)(H,25,28)(H,26,29)(H,31,32). The van der Waals surface area contributed by atoms with Gasteiger partial charge in [-0.2, -0.15) is 12.6 Å². The second kappa shape index (κ2) is 12.5. The SMILES string of the molecule is NC(CS)C(=O)NC(Cc1cnc[nH]1)C(=O)NCC(=O)NC(Cc1ccc(O)cc1)C(=O)O. The van der Waals surface area contributed by atoms with Gasteiger partial charge in [-0.05, 0) is 17.7 Å². The molecule has 0 radical (unpaired) electrons. The lowest BCUT2D eigenvalue weighted by atomic mass is 10.1. The summed E-state index contributed by atoms with van der Waals surface area (Å²) < 4.78 is 0. The Bertz CT molecular complexity index is 952. The van der Waals surface area contributed by atoms with E-state index in [-0.39, 0.29) is 24.3 Å². The summed E-state index contributed by atoms with van der Waals surface area (Å²) in [6, 6.07) is 2.67. The number of benzene rings is 1. The zero-order valence-electron chi connectivity index (χ0n) is 17.5. The molecule has 1 aromatic heterocycles. The van der Waals surface area contributed by atoms with Crippen LogP contribution in [-0.4, -0.2) is 74.3 Å². The Morgan fingerprint density at radius 2 is 1.76 bits per heavy atom. The summed E-state index contributed by atoms with van der Waals surface area (Å²) in [5.41, 5.74) is 6.80. The van der Waals surface area contributed by atoms with Crippen LogP contribution in [0.4, 0.5) is 0 Å². The number of nitrogens with two attached hydrogens (primary N) is 1. The number of hydrogen-bond donors (Lipinski definition) is 8. The van der Waals surface area contributed by atoms with Gasteiger partial charge < -0.3 is 36.9 Å². The van der Waals surface area contributed by atoms with Crippen molar-refractivity contribution < 1.29 is 29.4 Å². The molecule has 2 aromatic rings. The Balaban J connectivity index is 1.95. The molecule has 0 aliphatic rings. The molecule has 1 heterocycles. The molecule has 0 saturated heterocycles. The highest BCUT2D eigenvalue weighted by molar-refractivity contribution is 7.80. The van der Waals surface area contributed by atoms with Gasteiger partial charge in [0.2, 0.25) is 17.7 Å². The molecular formula is C20H26N6O6S. The number of hydrogen-bond acceptors (Lipinski definition) is 8. The predicted octanol–water partition coefficient (Wildman–Crippen LogP) is -1.67. The number of nitrogens with zero attached hydrogens (tertiary/aromatic N) is 1. The first-order chi connectivity index (χ1) is 15.7. The van der Waals surface area contributed by atoms with Crippen molar-refractivity contribution in [3.8, 4) is 5.75 Å². The van der Waals surface area contributed by atoms with Gasteiger partial charge in [0.05, 0.1) is 18.9 Å². The number of carbonyl (C=O) groups excluding carboxylic acids is 3. The number of H-pyrrole nitrogens is 1. The number of aromatic nitrogens is 2. The zero-order valence-corrected chi connectivity index (χ0v) is 18.4. The summed E-state index contributed by atoms with van der Waals surface area (Å²) in [6.45, 7) is -0.508. The fraction of sp³-hybridized carbons (Fsp3) is 0.350. The van der Waals surface area contributed by atoms with E-state index in [1.807, 2.05) is 0 Å². The van der Waals surface area contributed by atoms with E-state index in [0.717, 1.165) is 0 Å². The monoisotopic (exact) mass is 478 g/mol. The molecular weight excluding hydrogens is 452 g/mol. The van der Waals surface area contributed by atoms with Crippen LogP contribution in [0.2, 0.25) is 0 Å². The molecule has 3 unspecified atom stereocenters.